The average molecular weight is 602 g/mol. The van der Waals surface area contributed by atoms with Gasteiger partial charge >= 0.3 is 0 Å². The summed E-state index contributed by atoms with van der Waals surface area (Å²) in [6.45, 7) is 2.13. The van der Waals surface area contributed by atoms with E-state index in [9.17, 15) is 18.5 Å². The Labute approximate surface area is 249 Å². The Morgan fingerprint density at radius 3 is 2.52 bits per heavy atom. The molecular formula is C32H28ClN3O5S. The van der Waals surface area contributed by atoms with Crippen LogP contribution in [0.3, 0.4) is 0 Å². The summed E-state index contributed by atoms with van der Waals surface area (Å²) >= 11 is 6.10. The van der Waals surface area contributed by atoms with Crippen molar-refractivity contribution in [1.29, 1.82) is 0 Å². The molecule has 0 unspecified atom stereocenters. The number of non-ortho nitro benzene ring substituents is 1. The number of aryl methyl sites for hydroxylation is 1. The van der Waals surface area contributed by atoms with Crippen LogP contribution < -0.4 is 14.8 Å². The molecule has 4 aromatic carbocycles. The summed E-state index contributed by atoms with van der Waals surface area (Å²) < 4.78 is 35.2. The van der Waals surface area contributed by atoms with Crippen molar-refractivity contribution in [2.75, 3.05) is 10.0 Å². The average Bonchev–Trinajstić information content (AvgIpc) is 3.48. The molecule has 2 N–H and O–H groups in total. The molecule has 0 saturated carbocycles. The van der Waals surface area contributed by atoms with Crippen LogP contribution in [-0.4, -0.2) is 13.3 Å². The minimum Gasteiger partial charge on any atom is -0.489 e. The van der Waals surface area contributed by atoms with Crippen molar-refractivity contribution in [2.24, 2.45) is 5.92 Å². The SMILES string of the molecule is Cc1ccc(Cl)cc1NS(=O)(=O)c1ccc2c(c1)[C@H]1C=CC[C@H]1[C@@H](c1ccc(OCc3ccc([N+](=O)[O-])cc3)cc1)N2. The summed E-state index contributed by atoms with van der Waals surface area (Å²) in [4.78, 5) is 10.6. The van der Waals surface area contributed by atoms with E-state index in [0.29, 0.717) is 23.1 Å². The Bertz CT molecular complexity index is 1790. The van der Waals surface area contributed by atoms with Crippen LogP contribution in [0.2, 0.25) is 5.02 Å². The summed E-state index contributed by atoms with van der Waals surface area (Å²) in [6.07, 6.45) is 5.20. The number of nitrogens with one attached hydrogen (secondary N) is 2. The van der Waals surface area contributed by atoms with Gasteiger partial charge in [-0.2, -0.15) is 0 Å². The number of allylic oxidation sites excluding steroid dienone is 2. The lowest BCUT2D eigenvalue weighted by molar-refractivity contribution is -0.384. The monoisotopic (exact) mass is 601 g/mol. The highest BCUT2D eigenvalue weighted by molar-refractivity contribution is 7.92. The van der Waals surface area contributed by atoms with Crippen LogP contribution in [0.4, 0.5) is 17.1 Å². The first-order chi connectivity index (χ1) is 20.2. The number of hydrogen-bond acceptors (Lipinski definition) is 6. The number of nitrogens with zero attached hydrogens (tertiary/aromatic N) is 1. The lowest BCUT2D eigenvalue weighted by atomic mass is 9.77. The number of nitro groups is 1. The Balaban J connectivity index is 1.19. The quantitative estimate of drug-likeness (QED) is 0.121. The van der Waals surface area contributed by atoms with Crippen LogP contribution in [0.1, 0.15) is 40.6 Å². The molecule has 0 aromatic heterocycles. The third-order valence-corrected chi connectivity index (χ3v) is 9.48. The van der Waals surface area contributed by atoms with E-state index in [4.69, 9.17) is 16.3 Å². The molecule has 0 fully saturated rings. The van der Waals surface area contributed by atoms with E-state index in [0.717, 1.165) is 34.4 Å². The molecule has 2 aliphatic rings. The maximum Gasteiger partial charge on any atom is 0.269 e. The van der Waals surface area contributed by atoms with E-state index < -0.39 is 14.9 Å². The second-order valence-electron chi connectivity index (χ2n) is 10.6. The number of hydrogen-bond donors (Lipinski definition) is 2. The molecule has 0 bridgehead atoms. The highest BCUT2D eigenvalue weighted by atomic mass is 35.5. The van der Waals surface area contributed by atoms with Crippen molar-refractivity contribution in [2.45, 2.75) is 36.8 Å². The minimum atomic E-state index is -3.82. The highest BCUT2D eigenvalue weighted by Crippen LogP contribution is 2.50. The van der Waals surface area contributed by atoms with E-state index in [2.05, 4.69) is 22.2 Å². The zero-order valence-electron chi connectivity index (χ0n) is 22.7. The summed E-state index contributed by atoms with van der Waals surface area (Å²) in [6, 6.07) is 24.6. The smallest absolute Gasteiger partial charge is 0.269 e. The van der Waals surface area contributed by atoms with Crippen molar-refractivity contribution < 1.29 is 18.1 Å². The zero-order chi connectivity index (χ0) is 29.4. The molecule has 6 rings (SSSR count). The number of rotatable bonds is 8. The van der Waals surface area contributed by atoms with Gasteiger partial charge in [0.05, 0.1) is 21.5 Å². The van der Waals surface area contributed by atoms with E-state index >= 15 is 0 Å². The van der Waals surface area contributed by atoms with Crippen LogP contribution in [0.25, 0.3) is 0 Å². The first-order valence-electron chi connectivity index (χ1n) is 13.5. The predicted molar refractivity (Wildman–Crippen MR) is 164 cm³/mol. The molecule has 8 nitrogen and oxygen atoms in total. The normalized spacial score (nSPS) is 19.0. The number of fused-ring (bicyclic) bond motifs is 3. The molecule has 10 heteroatoms. The number of halogens is 1. The molecule has 0 spiro atoms. The van der Waals surface area contributed by atoms with Crippen LogP contribution in [0.15, 0.2) is 102 Å². The largest absolute Gasteiger partial charge is 0.489 e. The van der Waals surface area contributed by atoms with Crippen LogP contribution in [-0.2, 0) is 16.6 Å². The van der Waals surface area contributed by atoms with E-state index in [-0.39, 0.29) is 28.5 Å². The molecule has 1 aliphatic heterocycles. The lowest BCUT2D eigenvalue weighted by Gasteiger charge is -2.37. The Kier molecular flexibility index (Phi) is 7.38. The Hall–Kier alpha value is -4.34. The second-order valence-corrected chi connectivity index (χ2v) is 12.7. The molecule has 0 saturated heterocycles. The maximum atomic E-state index is 13.3. The molecule has 42 heavy (non-hydrogen) atoms. The molecule has 0 amide bonds. The van der Waals surface area contributed by atoms with Gasteiger partial charge in [0.2, 0.25) is 0 Å². The maximum absolute atomic E-state index is 13.3. The van der Waals surface area contributed by atoms with Crippen molar-refractivity contribution >= 4 is 38.7 Å². The van der Waals surface area contributed by atoms with Crippen LogP contribution >= 0.6 is 11.6 Å². The molecule has 4 aromatic rings. The van der Waals surface area contributed by atoms with Crippen molar-refractivity contribution in [3.05, 3.63) is 134 Å². The third-order valence-electron chi connectivity index (χ3n) is 7.88. The number of sulfonamides is 1. The molecule has 0 radical (unpaired) electrons. The lowest BCUT2D eigenvalue weighted by Crippen LogP contribution is -2.29. The minimum absolute atomic E-state index is 0.0379. The summed E-state index contributed by atoms with van der Waals surface area (Å²) in [7, 11) is -3.82. The van der Waals surface area contributed by atoms with Gasteiger partial charge in [-0.15, -0.1) is 0 Å². The number of ether oxygens (including phenoxy) is 1. The van der Waals surface area contributed by atoms with Crippen LogP contribution in [0.5, 0.6) is 5.75 Å². The van der Waals surface area contributed by atoms with E-state index in [1.807, 2.05) is 37.3 Å². The first kappa shape index (κ1) is 27.8. The van der Waals surface area contributed by atoms with Gasteiger partial charge in [-0.05, 0) is 96.1 Å². The predicted octanol–water partition coefficient (Wildman–Crippen LogP) is 7.76. The van der Waals surface area contributed by atoms with Gasteiger partial charge in [0.1, 0.15) is 12.4 Å². The Morgan fingerprint density at radius 2 is 1.79 bits per heavy atom. The zero-order valence-corrected chi connectivity index (χ0v) is 24.2. The molecular weight excluding hydrogens is 574 g/mol. The van der Waals surface area contributed by atoms with Crippen molar-refractivity contribution in [3.63, 3.8) is 0 Å². The Morgan fingerprint density at radius 1 is 1.02 bits per heavy atom. The number of benzene rings is 4. The van der Waals surface area contributed by atoms with Gasteiger partial charge in [0, 0.05) is 28.8 Å². The summed E-state index contributed by atoms with van der Waals surface area (Å²) in [5.74, 6) is 1.00. The van der Waals surface area contributed by atoms with Crippen molar-refractivity contribution in [3.8, 4) is 5.75 Å². The standard InChI is InChI=1S/C32H28ClN3O5S/c1-20-5-10-23(33)17-31(20)35-42(39,40)26-15-16-30-29(18-26)27-3-2-4-28(27)32(34-30)22-8-13-25(14-9-22)41-19-21-6-11-24(12-7-21)36(37)38/h2-3,5-18,27-28,32,34-35H,4,19H2,1H3/t27-,28+,32+/m0/s1. The number of anilines is 2. The molecule has 214 valence electrons. The fourth-order valence-corrected chi connectivity index (χ4v) is 6.96. The number of nitro benzene ring substituents is 1. The summed E-state index contributed by atoms with van der Waals surface area (Å²) in [5.41, 5.74) is 5.10. The van der Waals surface area contributed by atoms with Gasteiger partial charge in [0.15, 0.2) is 0 Å². The third kappa shape index (κ3) is 5.57. The van der Waals surface area contributed by atoms with E-state index in [1.165, 1.54) is 12.1 Å². The fraction of sp³-hybridized carbons (Fsp3) is 0.188. The topological polar surface area (TPSA) is 111 Å². The molecule has 1 heterocycles. The van der Waals surface area contributed by atoms with Gasteiger partial charge in [0.25, 0.3) is 15.7 Å². The molecule has 3 atom stereocenters. The first-order valence-corrected chi connectivity index (χ1v) is 15.4. The van der Waals surface area contributed by atoms with Gasteiger partial charge in [-0.25, -0.2) is 8.42 Å². The van der Waals surface area contributed by atoms with Gasteiger partial charge < -0.3 is 10.1 Å². The van der Waals surface area contributed by atoms with Crippen molar-refractivity contribution in [1.82, 2.24) is 0 Å². The highest BCUT2D eigenvalue weighted by Gasteiger charge is 2.38. The fourth-order valence-electron chi connectivity index (χ4n) is 5.63. The molecule has 1 aliphatic carbocycles. The van der Waals surface area contributed by atoms with Gasteiger partial charge in [-0.1, -0.05) is 42.0 Å². The van der Waals surface area contributed by atoms with Crippen LogP contribution in [0, 0.1) is 23.0 Å². The van der Waals surface area contributed by atoms with Gasteiger partial charge in [-0.3, -0.25) is 14.8 Å². The van der Waals surface area contributed by atoms with E-state index in [1.54, 1.807) is 42.5 Å². The second kappa shape index (κ2) is 11.2. The summed E-state index contributed by atoms with van der Waals surface area (Å²) in [5, 5.41) is 15.0.